The van der Waals surface area contributed by atoms with Gasteiger partial charge >= 0.3 is 6.18 Å². The Bertz CT molecular complexity index is 814. The normalized spacial score (nSPS) is 11.6. The number of amides is 1. The molecule has 0 bridgehead atoms. The van der Waals surface area contributed by atoms with Crippen molar-refractivity contribution in [1.29, 1.82) is 0 Å². The molecule has 1 aromatic heterocycles. The van der Waals surface area contributed by atoms with Crippen molar-refractivity contribution >= 4 is 58.8 Å². The van der Waals surface area contributed by atoms with Crippen LogP contribution in [0.5, 0.6) is 0 Å². The predicted molar refractivity (Wildman–Crippen MR) is 119 cm³/mol. The van der Waals surface area contributed by atoms with Crippen molar-refractivity contribution < 1.29 is 18.0 Å². The summed E-state index contributed by atoms with van der Waals surface area (Å²) >= 11 is 6.75. The Hall–Kier alpha value is -1.60. The van der Waals surface area contributed by atoms with E-state index in [2.05, 4.69) is 25.9 Å². The van der Waals surface area contributed by atoms with Crippen LogP contribution in [0.1, 0.15) is 21.1 Å². The summed E-state index contributed by atoms with van der Waals surface area (Å²) in [5.74, 6) is 0.263. The average molecular weight is 562 g/mol. The Morgan fingerprint density at radius 1 is 1.14 bits per heavy atom. The van der Waals surface area contributed by atoms with E-state index in [1.165, 1.54) is 0 Å². The number of hydrogen-bond donors (Lipinski definition) is 3. The molecule has 0 saturated carbocycles. The molecule has 0 spiro atoms. The number of guanidine groups is 1. The molecule has 0 aliphatic carbocycles. The highest BCUT2D eigenvalue weighted by Crippen LogP contribution is 2.29. The van der Waals surface area contributed by atoms with Gasteiger partial charge in [-0.2, -0.15) is 13.2 Å². The van der Waals surface area contributed by atoms with Crippen molar-refractivity contribution in [1.82, 2.24) is 20.9 Å². The van der Waals surface area contributed by atoms with E-state index in [1.54, 1.807) is 31.3 Å². The van der Waals surface area contributed by atoms with Crippen molar-refractivity contribution in [2.24, 2.45) is 4.99 Å². The molecular weight excluding hydrogens is 542 g/mol. The fourth-order valence-electron chi connectivity index (χ4n) is 2.12. The van der Waals surface area contributed by atoms with Crippen molar-refractivity contribution in [2.75, 3.05) is 26.7 Å². The van der Waals surface area contributed by atoms with Crippen LogP contribution in [0, 0.1) is 0 Å². The van der Waals surface area contributed by atoms with Crippen LogP contribution < -0.4 is 16.0 Å². The van der Waals surface area contributed by atoms with E-state index in [-0.39, 0.29) is 29.9 Å². The molecule has 0 saturated heterocycles. The van der Waals surface area contributed by atoms with Crippen LogP contribution in [-0.4, -0.2) is 43.5 Å². The van der Waals surface area contributed by atoms with Crippen LogP contribution in [-0.2, 0) is 12.6 Å². The van der Waals surface area contributed by atoms with E-state index in [1.807, 2.05) is 0 Å². The molecular formula is C17H20ClF3IN5OS. The molecule has 2 aromatic rings. The first-order valence-electron chi connectivity index (χ1n) is 8.29. The van der Waals surface area contributed by atoms with Gasteiger partial charge in [-0.25, -0.2) is 4.98 Å². The van der Waals surface area contributed by atoms with Gasteiger partial charge in [-0.05, 0) is 24.3 Å². The minimum atomic E-state index is -4.42. The first-order valence-corrected chi connectivity index (χ1v) is 9.55. The van der Waals surface area contributed by atoms with Gasteiger partial charge < -0.3 is 16.0 Å². The summed E-state index contributed by atoms with van der Waals surface area (Å²) in [5.41, 5.74) is -0.361. The molecule has 29 heavy (non-hydrogen) atoms. The molecule has 2 rings (SSSR count). The first-order chi connectivity index (χ1) is 13.3. The van der Waals surface area contributed by atoms with Crippen molar-refractivity contribution in [3.05, 3.63) is 50.9 Å². The second kappa shape index (κ2) is 12.2. The molecule has 1 heterocycles. The van der Waals surface area contributed by atoms with Crippen LogP contribution in [0.3, 0.4) is 0 Å². The number of rotatable bonds is 7. The second-order valence-electron chi connectivity index (χ2n) is 5.56. The van der Waals surface area contributed by atoms with Gasteiger partial charge in [0.2, 0.25) is 0 Å². The van der Waals surface area contributed by atoms with Crippen LogP contribution >= 0.6 is 46.9 Å². The summed E-state index contributed by atoms with van der Waals surface area (Å²) < 4.78 is 37.6. The molecule has 0 aliphatic rings. The number of halogens is 5. The molecule has 0 atom stereocenters. The summed E-state index contributed by atoms with van der Waals surface area (Å²) in [6.45, 7) is 1.17. The lowest BCUT2D eigenvalue weighted by atomic mass is 10.2. The SMILES string of the molecule is CN=C(NCCNC(=O)c1ccc(Cl)cc1)NCCc1nc(C(F)(F)F)cs1.I. The topological polar surface area (TPSA) is 78.4 Å². The molecule has 3 N–H and O–H groups in total. The van der Waals surface area contributed by atoms with Gasteiger partial charge in [0, 0.05) is 49.1 Å². The van der Waals surface area contributed by atoms with E-state index in [9.17, 15) is 18.0 Å². The minimum absolute atomic E-state index is 0. The molecule has 0 unspecified atom stereocenters. The third kappa shape index (κ3) is 8.74. The van der Waals surface area contributed by atoms with E-state index in [0.29, 0.717) is 47.6 Å². The van der Waals surface area contributed by atoms with Gasteiger partial charge in [0.05, 0.1) is 5.01 Å². The Morgan fingerprint density at radius 3 is 2.34 bits per heavy atom. The van der Waals surface area contributed by atoms with Crippen LogP contribution in [0.15, 0.2) is 34.6 Å². The molecule has 0 fully saturated rings. The molecule has 0 radical (unpaired) electrons. The third-order valence-electron chi connectivity index (χ3n) is 3.51. The average Bonchev–Trinajstić information content (AvgIpc) is 3.13. The second-order valence-corrected chi connectivity index (χ2v) is 6.94. The third-order valence-corrected chi connectivity index (χ3v) is 4.67. The van der Waals surface area contributed by atoms with Crippen molar-refractivity contribution in [3.8, 4) is 0 Å². The lowest BCUT2D eigenvalue weighted by Crippen LogP contribution is -2.42. The number of aliphatic imine (C=N–C) groups is 1. The van der Waals surface area contributed by atoms with Gasteiger partial charge in [-0.3, -0.25) is 9.79 Å². The number of nitrogens with one attached hydrogen (secondary N) is 3. The maximum Gasteiger partial charge on any atom is 0.434 e. The zero-order chi connectivity index (χ0) is 20.6. The van der Waals surface area contributed by atoms with Crippen molar-refractivity contribution in [3.63, 3.8) is 0 Å². The fourth-order valence-corrected chi connectivity index (χ4v) is 3.06. The number of carbonyl (C=O) groups excluding carboxylic acids is 1. The maximum atomic E-state index is 12.5. The lowest BCUT2D eigenvalue weighted by Gasteiger charge is -2.12. The number of thiazole rings is 1. The van der Waals surface area contributed by atoms with Gasteiger partial charge in [0.1, 0.15) is 0 Å². The number of nitrogens with zero attached hydrogens (tertiary/aromatic N) is 2. The summed E-state index contributed by atoms with van der Waals surface area (Å²) in [4.78, 5) is 19.5. The summed E-state index contributed by atoms with van der Waals surface area (Å²) in [6.07, 6.45) is -4.08. The highest BCUT2D eigenvalue weighted by atomic mass is 127. The molecule has 6 nitrogen and oxygen atoms in total. The largest absolute Gasteiger partial charge is 0.434 e. The molecule has 1 amide bonds. The van der Waals surface area contributed by atoms with E-state index in [0.717, 1.165) is 16.7 Å². The quantitative estimate of drug-likeness (QED) is 0.209. The van der Waals surface area contributed by atoms with Crippen molar-refractivity contribution in [2.45, 2.75) is 12.6 Å². The number of benzene rings is 1. The van der Waals surface area contributed by atoms with E-state index < -0.39 is 11.9 Å². The fraction of sp³-hybridized carbons (Fsp3) is 0.353. The number of carbonyl (C=O) groups is 1. The Morgan fingerprint density at radius 2 is 1.76 bits per heavy atom. The maximum absolute atomic E-state index is 12.5. The molecule has 1 aromatic carbocycles. The molecule has 160 valence electrons. The van der Waals surface area contributed by atoms with E-state index in [4.69, 9.17) is 11.6 Å². The highest BCUT2D eigenvalue weighted by molar-refractivity contribution is 14.0. The minimum Gasteiger partial charge on any atom is -0.356 e. The Labute approximate surface area is 192 Å². The number of hydrogen-bond acceptors (Lipinski definition) is 4. The zero-order valence-electron chi connectivity index (χ0n) is 15.3. The standard InChI is InChI=1S/C17H19ClF3N5OS.HI/c1-22-16(24-7-6-14-26-13(10-28-14)17(19,20)21)25-9-8-23-15(27)11-2-4-12(18)5-3-11;/h2-5,10H,6-9H2,1H3,(H,23,27)(H2,22,24,25);1H. The van der Waals surface area contributed by atoms with Gasteiger partial charge in [-0.15, -0.1) is 35.3 Å². The van der Waals surface area contributed by atoms with Crippen LogP contribution in [0.2, 0.25) is 5.02 Å². The zero-order valence-corrected chi connectivity index (χ0v) is 19.2. The first kappa shape index (κ1) is 25.4. The molecule has 0 aliphatic heterocycles. The number of alkyl halides is 3. The summed E-state index contributed by atoms with van der Waals surface area (Å²) in [6, 6.07) is 6.55. The van der Waals surface area contributed by atoms with Gasteiger partial charge in [0.15, 0.2) is 11.7 Å². The Balaban J connectivity index is 0.00000420. The predicted octanol–water partition coefficient (Wildman–Crippen LogP) is 3.57. The van der Waals surface area contributed by atoms with Crippen LogP contribution in [0.4, 0.5) is 13.2 Å². The molecule has 12 heteroatoms. The van der Waals surface area contributed by atoms with Crippen LogP contribution in [0.25, 0.3) is 0 Å². The van der Waals surface area contributed by atoms with Gasteiger partial charge in [-0.1, -0.05) is 11.6 Å². The monoisotopic (exact) mass is 561 g/mol. The van der Waals surface area contributed by atoms with Gasteiger partial charge in [0.25, 0.3) is 5.91 Å². The highest BCUT2D eigenvalue weighted by Gasteiger charge is 2.33. The lowest BCUT2D eigenvalue weighted by molar-refractivity contribution is -0.140. The summed E-state index contributed by atoms with van der Waals surface area (Å²) in [7, 11) is 1.58. The van der Waals surface area contributed by atoms with E-state index >= 15 is 0 Å². The Kier molecular flexibility index (Phi) is 10.7. The summed E-state index contributed by atoms with van der Waals surface area (Å²) in [5, 5.41) is 10.7. The number of aromatic nitrogens is 1. The smallest absolute Gasteiger partial charge is 0.356 e.